The number of para-hydroxylation sites is 1. The number of barbiturate groups is 1. The van der Waals surface area contributed by atoms with Crippen molar-refractivity contribution in [2.75, 3.05) is 25.5 Å². The van der Waals surface area contributed by atoms with Crippen molar-refractivity contribution in [1.29, 1.82) is 0 Å². The normalized spacial score (nSPS) is 30.5. The molecule has 6 nitrogen and oxygen atoms in total. The lowest BCUT2D eigenvalue weighted by Gasteiger charge is -2.57. The van der Waals surface area contributed by atoms with Gasteiger partial charge in [-0.3, -0.25) is 19.4 Å². The van der Waals surface area contributed by atoms with Crippen LogP contribution in [0.4, 0.5) is 10.5 Å². The van der Waals surface area contributed by atoms with Crippen molar-refractivity contribution in [3.63, 3.8) is 0 Å². The van der Waals surface area contributed by atoms with E-state index in [2.05, 4.69) is 24.8 Å². The van der Waals surface area contributed by atoms with Crippen molar-refractivity contribution in [3.05, 3.63) is 29.8 Å². The van der Waals surface area contributed by atoms with Crippen LogP contribution in [-0.2, 0) is 16.0 Å². The van der Waals surface area contributed by atoms with E-state index in [4.69, 9.17) is 0 Å². The van der Waals surface area contributed by atoms with Crippen LogP contribution < -0.4 is 4.90 Å². The maximum atomic E-state index is 13.4. The second-order valence-corrected chi connectivity index (χ2v) is 8.20. The summed E-state index contributed by atoms with van der Waals surface area (Å²) < 4.78 is 0. The van der Waals surface area contributed by atoms with Crippen LogP contribution >= 0.6 is 0 Å². The fraction of sp³-hybridized carbons (Fsp3) is 0.550. The van der Waals surface area contributed by atoms with Crippen molar-refractivity contribution in [1.82, 2.24) is 9.80 Å². The second-order valence-electron chi connectivity index (χ2n) is 8.20. The number of carbonyl (C=O) groups is 3. The Morgan fingerprint density at radius 3 is 2.27 bits per heavy atom. The SMILES string of the molecule is C[C@@H]1C[C@@H](C)[C@@H]2N(C1)c1ccccc1CC21C(=O)N(C)C(=O)N(C)C1=O. The Balaban J connectivity index is 1.94. The lowest BCUT2D eigenvalue weighted by Crippen LogP contribution is -2.73. The summed E-state index contributed by atoms with van der Waals surface area (Å²) in [5.74, 6) is -0.0710. The van der Waals surface area contributed by atoms with Crippen molar-refractivity contribution in [2.24, 2.45) is 17.3 Å². The minimum absolute atomic E-state index is 0.176. The summed E-state index contributed by atoms with van der Waals surface area (Å²) in [5.41, 5.74) is 0.887. The molecule has 0 saturated carbocycles. The average molecular weight is 355 g/mol. The average Bonchev–Trinajstić information content (AvgIpc) is 2.62. The minimum Gasteiger partial charge on any atom is -0.366 e. The van der Waals surface area contributed by atoms with Crippen molar-refractivity contribution >= 4 is 23.5 Å². The van der Waals surface area contributed by atoms with Gasteiger partial charge in [0.2, 0.25) is 11.8 Å². The number of hydrogen-bond donors (Lipinski definition) is 0. The zero-order chi connectivity index (χ0) is 18.8. The van der Waals surface area contributed by atoms with Crippen molar-refractivity contribution in [2.45, 2.75) is 32.7 Å². The van der Waals surface area contributed by atoms with Gasteiger partial charge in [0.25, 0.3) is 0 Å². The monoisotopic (exact) mass is 355 g/mol. The smallest absolute Gasteiger partial charge is 0.332 e. The van der Waals surface area contributed by atoms with Gasteiger partial charge < -0.3 is 4.90 Å². The molecule has 4 rings (SSSR count). The van der Waals surface area contributed by atoms with Crippen LogP contribution in [0, 0.1) is 17.3 Å². The third kappa shape index (κ3) is 2.01. The molecule has 3 aliphatic heterocycles. The van der Waals surface area contributed by atoms with E-state index < -0.39 is 11.4 Å². The first-order valence-electron chi connectivity index (χ1n) is 9.24. The first kappa shape index (κ1) is 17.1. The number of nitrogens with zero attached hydrogens (tertiary/aromatic N) is 3. The maximum absolute atomic E-state index is 13.4. The Morgan fingerprint density at radius 1 is 1.00 bits per heavy atom. The topological polar surface area (TPSA) is 60.9 Å². The highest BCUT2D eigenvalue weighted by molar-refractivity contribution is 6.20. The standard InChI is InChI=1S/C20H25N3O3/c1-12-9-13(2)16-20(17(24)21(3)19(26)22(4)18(20)25)10-14-7-5-6-8-15(14)23(16)11-12/h5-8,12-13,16H,9-11H2,1-4H3/t12-,13-,16+/m1/s1. The van der Waals surface area contributed by atoms with Crippen LogP contribution in [0.25, 0.3) is 0 Å². The number of anilines is 1. The number of imide groups is 2. The molecule has 26 heavy (non-hydrogen) atoms. The number of piperidine rings is 1. The highest BCUT2D eigenvalue weighted by Gasteiger charge is 2.64. The van der Waals surface area contributed by atoms with E-state index in [9.17, 15) is 14.4 Å². The quantitative estimate of drug-likeness (QED) is 0.669. The molecular weight excluding hydrogens is 330 g/mol. The van der Waals surface area contributed by atoms with Crippen LogP contribution in [0.1, 0.15) is 25.8 Å². The molecule has 138 valence electrons. The summed E-state index contributed by atoms with van der Waals surface area (Å²) in [6.07, 6.45) is 1.32. The Morgan fingerprint density at radius 2 is 1.62 bits per heavy atom. The zero-order valence-corrected chi connectivity index (χ0v) is 15.7. The highest BCUT2D eigenvalue weighted by Crippen LogP contribution is 2.50. The Hall–Kier alpha value is -2.37. The van der Waals surface area contributed by atoms with Crippen LogP contribution in [0.5, 0.6) is 0 Å². The van der Waals surface area contributed by atoms with E-state index in [0.717, 1.165) is 34.0 Å². The van der Waals surface area contributed by atoms with Crippen LogP contribution in [0.3, 0.4) is 0 Å². The molecule has 2 fully saturated rings. The molecule has 0 N–H and O–H groups in total. The molecule has 6 heteroatoms. The predicted molar refractivity (Wildman–Crippen MR) is 97.6 cm³/mol. The van der Waals surface area contributed by atoms with E-state index in [0.29, 0.717) is 12.3 Å². The Kier molecular flexibility index (Phi) is 3.65. The number of urea groups is 1. The molecule has 3 atom stereocenters. The summed E-state index contributed by atoms with van der Waals surface area (Å²) in [6.45, 7) is 5.15. The predicted octanol–water partition coefficient (Wildman–Crippen LogP) is 2.13. The molecule has 2 saturated heterocycles. The number of rotatable bonds is 0. The molecule has 1 aromatic rings. The van der Waals surface area contributed by atoms with E-state index in [1.807, 2.05) is 18.2 Å². The summed E-state index contributed by atoms with van der Waals surface area (Å²) in [7, 11) is 2.96. The molecule has 1 spiro atoms. The van der Waals surface area contributed by atoms with Gasteiger partial charge in [-0.05, 0) is 36.3 Å². The van der Waals surface area contributed by atoms with Gasteiger partial charge in [0.15, 0.2) is 5.41 Å². The minimum atomic E-state index is -1.23. The molecule has 0 bridgehead atoms. The fourth-order valence-corrected chi connectivity index (χ4v) is 5.43. The number of carbonyl (C=O) groups excluding carboxylic acids is 3. The summed E-state index contributed by atoms with van der Waals surface area (Å²) in [6, 6.07) is 7.24. The summed E-state index contributed by atoms with van der Waals surface area (Å²) in [4.78, 5) is 43.6. The number of fused-ring (bicyclic) bond motifs is 4. The van der Waals surface area contributed by atoms with Gasteiger partial charge in [-0.25, -0.2) is 4.79 Å². The number of amides is 4. The van der Waals surface area contributed by atoms with E-state index in [1.54, 1.807) is 0 Å². The van der Waals surface area contributed by atoms with Gasteiger partial charge in [0.05, 0.1) is 6.04 Å². The van der Waals surface area contributed by atoms with E-state index in [-0.39, 0.29) is 23.8 Å². The highest BCUT2D eigenvalue weighted by atomic mass is 16.2. The molecule has 1 aromatic carbocycles. The van der Waals surface area contributed by atoms with Gasteiger partial charge in [-0.1, -0.05) is 32.0 Å². The third-order valence-electron chi connectivity index (χ3n) is 6.38. The lowest BCUT2D eigenvalue weighted by atomic mass is 9.62. The number of benzene rings is 1. The van der Waals surface area contributed by atoms with Gasteiger partial charge in [-0.2, -0.15) is 0 Å². The summed E-state index contributed by atoms with van der Waals surface area (Å²) >= 11 is 0. The molecule has 0 radical (unpaired) electrons. The molecule has 3 aliphatic rings. The largest absolute Gasteiger partial charge is 0.366 e. The molecule has 3 heterocycles. The van der Waals surface area contributed by atoms with Gasteiger partial charge in [0.1, 0.15) is 0 Å². The lowest BCUT2D eigenvalue weighted by molar-refractivity contribution is -0.161. The van der Waals surface area contributed by atoms with Crippen molar-refractivity contribution in [3.8, 4) is 0 Å². The number of hydrogen-bond acceptors (Lipinski definition) is 4. The maximum Gasteiger partial charge on any atom is 0.332 e. The Bertz CT molecular complexity index is 781. The zero-order valence-electron chi connectivity index (χ0n) is 15.7. The fourth-order valence-electron chi connectivity index (χ4n) is 5.43. The van der Waals surface area contributed by atoms with Crippen LogP contribution in [-0.4, -0.2) is 54.3 Å². The third-order valence-corrected chi connectivity index (χ3v) is 6.38. The van der Waals surface area contributed by atoms with Crippen molar-refractivity contribution < 1.29 is 14.4 Å². The first-order chi connectivity index (χ1) is 12.3. The van der Waals surface area contributed by atoms with Crippen LogP contribution in [0.15, 0.2) is 24.3 Å². The van der Waals surface area contributed by atoms with Gasteiger partial charge in [-0.15, -0.1) is 0 Å². The molecule has 0 unspecified atom stereocenters. The van der Waals surface area contributed by atoms with Crippen LogP contribution in [0.2, 0.25) is 0 Å². The second kappa shape index (κ2) is 5.56. The molecule has 0 aliphatic carbocycles. The van der Waals surface area contributed by atoms with Gasteiger partial charge >= 0.3 is 6.03 Å². The molecule has 0 aromatic heterocycles. The van der Waals surface area contributed by atoms with E-state index in [1.165, 1.54) is 14.1 Å². The van der Waals surface area contributed by atoms with Gasteiger partial charge in [0, 0.05) is 26.3 Å². The molecule has 4 amide bonds. The Labute approximate surface area is 153 Å². The molecular formula is C20H25N3O3. The van der Waals surface area contributed by atoms with E-state index >= 15 is 0 Å². The first-order valence-corrected chi connectivity index (χ1v) is 9.24. The summed E-state index contributed by atoms with van der Waals surface area (Å²) in [5, 5.41) is 0.